The van der Waals surface area contributed by atoms with Crippen LogP contribution in [0.15, 0.2) is 41.9 Å². The molecule has 8 heteroatoms. The van der Waals surface area contributed by atoms with E-state index in [4.69, 9.17) is 35.9 Å². The number of nitrogens with two attached hydrogens (primary N) is 1. The van der Waals surface area contributed by atoms with Gasteiger partial charge in [-0.2, -0.15) is 0 Å². The molecule has 1 fully saturated rings. The maximum Gasteiger partial charge on any atom is 0.281 e. The molecule has 2 aromatic rings. The lowest BCUT2D eigenvalue weighted by molar-refractivity contribution is -0.0620. The van der Waals surface area contributed by atoms with Gasteiger partial charge in [0.15, 0.2) is 0 Å². The summed E-state index contributed by atoms with van der Waals surface area (Å²) in [6.45, 7) is 2.21. The molecule has 4 radical (unpaired) electrons. The smallest absolute Gasteiger partial charge is 0.281 e. The third-order valence-electron chi connectivity index (χ3n) is 7.72. The molecule has 0 bridgehead atoms. The van der Waals surface area contributed by atoms with E-state index in [0.29, 0.717) is 5.92 Å². The first kappa shape index (κ1) is 20.6. The fourth-order valence-corrected chi connectivity index (χ4v) is 6.40. The van der Waals surface area contributed by atoms with Gasteiger partial charge in [0.1, 0.15) is 27.6 Å². The zero-order valence-electron chi connectivity index (χ0n) is 18.0. The van der Waals surface area contributed by atoms with Gasteiger partial charge in [-0.15, -0.1) is 0 Å². The second-order valence-electron chi connectivity index (χ2n) is 9.20. The highest BCUT2D eigenvalue weighted by Crippen LogP contribution is 2.66. The number of methoxy groups -OCH3 is 1. The molecule has 5 rings (SSSR count). The molecule has 0 amide bonds. The van der Waals surface area contributed by atoms with Crippen molar-refractivity contribution in [3.05, 3.63) is 48.0 Å². The van der Waals surface area contributed by atoms with Crippen molar-refractivity contribution in [2.24, 2.45) is 22.1 Å². The van der Waals surface area contributed by atoms with E-state index < -0.39 is 10.9 Å². The Labute approximate surface area is 185 Å². The number of hydrogen-bond donors (Lipinski definition) is 1. The van der Waals surface area contributed by atoms with Gasteiger partial charge in [0.05, 0.1) is 11.5 Å². The largest absolute Gasteiger partial charge is 0.476 e. The molecule has 1 aromatic carbocycles. The summed E-state index contributed by atoms with van der Waals surface area (Å²) in [7, 11) is 15.1. The highest BCUT2D eigenvalue weighted by molar-refractivity contribution is 6.41. The number of fused-ring (bicyclic) bond motifs is 3. The van der Waals surface area contributed by atoms with Gasteiger partial charge >= 0.3 is 0 Å². The van der Waals surface area contributed by atoms with Crippen LogP contribution in [0.25, 0.3) is 11.1 Å². The number of nitrogens with zero attached hydrogens (tertiary/aromatic N) is 3. The minimum absolute atomic E-state index is 0.0487. The van der Waals surface area contributed by atoms with E-state index in [1.807, 2.05) is 0 Å². The fourth-order valence-electron chi connectivity index (χ4n) is 6.40. The van der Waals surface area contributed by atoms with Crippen LogP contribution in [0.4, 0.5) is 0 Å². The van der Waals surface area contributed by atoms with Crippen LogP contribution in [0.2, 0.25) is 0 Å². The Morgan fingerprint density at radius 3 is 2.65 bits per heavy atom. The zero-order chi connectivity index (χ0) is 21.9. The third-order valence-corrected chi connectivity index (χ3v) is 7.72. The highest BCUT2D eigenvalue weighted by Gasteiger charge is 2.68. The van der Waals surface area contributed by atoms with Gasteiger partial charge in [0.2, 0.25) is 0 Å². The molecule has 6 nitrogen and oxygen atoms in total. The molecule has 156 valence electrons. The molecule has 0 saturated heterocycles. The van der Waals surface area contributed by atoms with E-state index >= 15 is 0 Å². The van der Waals surface area contributed by atoms with E-state index in [0.717, 1.165) is 48.8 Å². The fraction of sp³-hybridized carbons (Fsp3) is 0.522. The van der Waals surface area contributed by atoms with Crippen LogP contribution in [-0.2, 0) is 21.4 Å². The maximum absolute atomic E-state index is 6.68. The predicted molar refractivity (Wildman–Crippen MR) is 121 cm³/mol. The second-order valence-corrected chi connectivity index (χ2v) is 9.20. The molecule has 2 spiro atoms. The molecule has 2 heterocycles. The molecule has 31 heavy (non-hydrogen) atoms. The standard InChI is InChI=1S/C23H26B2N4O2/c1-3-14-9-21(7-6-19(14)30-2)10-16-5-4-15(17-11-27-13-28-12-17)8-18(16)22(21)23(24,25)31-20(26)29-22/h4-5,8,11-14,19H,3,6-7,9-10H2,1-2H3,(H2,26,29)/t14-,19-,21-,22+/m1/s1. The van der Waals surface area contributed by atoms with Crippen molar-refractivity contribution < 1.29 is 9.47 Å². The number of benzene rings is 1. The number of amidine groups is 1. The van der Waals surface area contributed by atoms with E-state index in [2.05, 4.69) is 35.1 Å². The topological polar surface area (TPSA) is 82.6 Å². The lowest BCUT2D eigenvalue weighted by atomic mass is 9.44. The summed E-state index contributed by atoms with van der Waals surface area (Å²) in [4.78, 5) is 13.2. The van der Waals surface area contributed by atoms with E-state index in [1.54, 1.807) is 19.5 Å². The Morgan fingerprint density at radius 2 is 2.00 bits per heavy atom. The van der Waals surface area contributed by atoms with Crippen molar-refractivity contribution in [3.63, 3.8) is 0 Å². The summed E-state index contributed by atoms with van der Waals surface area (Å²) < 4.78 is 11.6. The van der Waals surface area contributed by atoms with Crippen LogP contribution < -0.4 is 5.73 Å². The summed E-state index contributed by atoms with van der Waals surface area (Å²) in [6.07, 6.45) is 9.89. The minimum Gasteiger partial charge on any atom is -0.476 e. The molecule has 1 aromatic heterocycles. The molecular weight excluding hydrogens is 386 g/mol. The van der Waals surface area contributed by atoms with Crippen molar-refractivity contribution in [1.29, 1.82) is 0 Å². The molecule has 3 aliphatic rings. The van der Waals surface area contributed by atoms with Gasteiger partial charge in [0.25, 0.3) is 6.02 Å². The Morgan fingerprint density at radius 1 is 1.23 bits per heavy atom. The number of ether oxygens (including phenoxy) is 2. The molecule has 1 aliphatic heterocycles. The summed E-state index contributed by atoms with van der Waals surface area (Å²) in [5.74, 6) is 0.389. The van der Waals surface area contributed by atoms with Crippen molar-refractivity contribution in [2.75, 3.05) is 7.11 Å². The average Bonchev–Trinajstić information content (AvgIpc) is 3.18. The van der Waals surface area contributed by atoms with Gasteiger partial charge in [0, 0.05) is 30.5 Å². The minimum atomic E-state index is -1.54. The molecule has 2 aliphatic carbocycles. The van der Waals surface area contributed by atoms with Crippen LogP contribution in [0.5, 0.6) is 0 Å². The van der Waals surface area contributed by atoms with Crippen LogP contribution >= 0.6 is 0 Å². The van der Waals surface area contributed by atoms with Crippen molar-refractivity contribution in [2.45, 2.75) is 56.1 Å². The SMILES string of the molecule is [B]C1([B])OC(N)=N[C@]12c1cc(-c3cncnc3)ccc1C[C@]21CC[C@@H](OC)[C@H](CC)C1. The third kappa shape index (κ3) is 2.80. The van der Waals surface area contributed by atoms with E-state index in [1.165, 1.54) is 11.9 Å². The van der Waals surface area contributed by atoms with Crippen molar-refractivity contribution in [3.8, 4) is 11.1 Å². The highest BCUT2D eigenvalue weighted by atomic mass is 16.5. The Balaban J connectivity index is 1.69. The summed E-state index contributed by atoms with van der Waals surface area (Å²) in [5, 5.41) is -1.54. The first-order valence-corrected chi connectivity index (χ1v) is 10.9. The lowest BCUT2D eigenvalue weighted by Crippen LogP contribution is -2.60. The second kappa shape index (κ2) is 7.09. The van der Waals surface area contributed by atoms with Crippen LogP contribution in [0.1, 0.15) is 43.7 Å². The maximum atomic E-state index is 6.68. The van der Waals surface area contributed by atoms with Gasteiger partial charge in [-0.1, -0.05) is 25.5 Å². The van der Waals surface area contributed by atoms with Crippen LogP contribution in [0, 0.1) is 11.3 Å². The van der Waals surface area contributed by atoms with Crippen LogP contribution in [0.3, 0.4) is 0 Å². The number of aromatic nitrogens is 2. The lowest BCUT2D eigenvalue weighted by Gasteiger charge is -2.53. The molecule has 0 unspecified atom stereocenters. The molecule has 2 N–H and O–H groups in total. The number of aliphatic imine (C=N–C) groups is 1. The quantitative estimate of drug-likeness (QED) is 0.784. The first-order chi connectivity index (χ1) is 14.9. The number of hydrogen-bond acceptors (Lipinski definition) is 6. The normalized spacial score (nSPS) is 33.3. The van der Waals surface area contributed by atoms with Crippen LogP contribution in [-0.4, -0.2) is 50.3 Å². The van der Waals surface area contributed by atoms with E-state index in [-0.39, 0.29) is 17.5 Å². The van der Waals surface area contributed by atoms with Gasteiger partial charge in [-0.25, -0.2) is 15.0 Å². The van der Waals surface area contributed by atoms with E-state index in [9.17, 15) is 0 Å². The summed E-state index contributed by atoms with van der Waals surface area (Å²) in [5.41, 5.74) is 8.95. The predicted octanol–water partition coefficient (Wildman–Crippen LogP) is 2.44. The van der Waals surface area contributed by atoms with Crippen molar-refractivity contribution in [1.82, 2.24) is 9.97 Å². The zero-order valence-corrected chi connectivity index (χ0v) is 18.0. The molecular formula is C23H26B2N4O2. The Hall–Kier alpha value is -2.34. The van der Waals surface area contributed by atoms with Gasteiger partial charge in [-0.3, -0.25) is 0 Å². The Kier molecular flexibility index (Phi) is 4.70. The average molecular weight is 412 g/mol. The number of rotatable bonds is 3. The Bertz CT molecular complexity index is 1030. The summed E-state index contributed by atoms with van der Waals surface area (Å²) in [6, 6.07) is 6.41. The monoisotopic (exact) mass is 412 g/mol. The summed E-state index contributed by atoms with van der Waals surface area (Å²) >= 11 is 0. The van der Waals surface area contributed by atoms with Crippen molar-refractivity contribution >= 4 is 21.7 Å². The molecule has 4 atom stereocenters. The first-order valence-electron chi connectivity index (χ1n) is 10.9. The van der Waals surface area contributed by atoms with Gasteiger partial charge < -0.3 is 15.2 Å². The molecule has 1 saturated carbocycles. The van der Waals surface area contributed by atoms with Gasteiger partial charge in [-0.05, 0) is 54.4 Å².